The molecule has 4 nitrogen and oxygen atoms in total. The standard InChI is InChI=1S/C11H22N2O2/c1-8(2)13(7-9(3)14)11(15)12-6-10-4-5-10/h8-10,14H,4-7H2,1-3H3,(H,12,15). The maximum atomic E-state index is 11.8. The highest BCUT2D eigenvalue weighted by Gasteiger charge is 2.24. The molecule has 1 unspecified atom stereocenters. The summed E-state index contributed by atoms with van der Waals surface area (Å²) in [5.74, 6) is 0.689. The van der Waals surface area contributed by atoms with E-state index < -0.39 is 6.10 Å². The minimum atomic E-state index is -0.473. The van der Waals surface area contributed by atoms with Crippen LogP contribution in [0.5, 0.6) is 0 Å². The van der Waals surface area contributed by atoms with Gasteiger partial charge in [-0.05, 0) is 39.5 Å². The predicted molar refractivity (Wildman–Crippen MR) is 59.6 cm³/mol. The zero-order valence-corrected chi connectivity index (χ0v) is 9.86. The van der Waals surface area contributed by atoms with Crippen LogP contribution in [0.2, 0.25) is 0 Å². The van der Waals surface area contributed by atoms with E-state index >= 15 is 0 Å². The van der Waals surface area contributed by atoms with Gasteiger partial charge < -0.3 is 15.3 Å². The SMILES string of the molecule is CC(O)CN(C(=O)NCC1CC1)C(C)C. The van der Waals surface area contributed by atoms with Crippen molar-refractivity contribution in [2.75, 3.05) is 13.1 Å². The van der Waals surface area contributed by atoms with E-state index in [0.29, 0.717) is 12.5 Å². The number of urea groups is 1. The molecule has 1 aliphatic rings. The maximum absolute atomic E-state index is 11.8. The summed E-state index contributed by atoms with van der Waals surface area (Å²) >= 11 is 0. The molecule has 0 bridgehead atoms. The fourth-order valence-electron chi connectivity index (χ4n) is 1.47. The smallest absolute Gasteiger partial charge is 0.317 e. The molecule has 2 N–H and O–H groups in total. The third-order valence-corrected chi connectivity index (χ3v) is 2.58. The van der Waals surface area contributed by atoms with Crippen molar-refractivity contribution in [1.29, 1.82) is 0 Å². The van der Waals surface area contributed by atoms with Crippen molar-refractivity contribution in [3.63, 3.8) is 0 Å². The van der Waals surface area contributed by atoms with Crippen molar-refractivity contribution in [2.24, 2.45) is 5.92 Å². The van der Waals surface area contributed by atoms with E-state index in [0.717, 1.165) is 6.54 Å². The summed E-state index contributed by atoms with van der Waals surface area (Å²) in [6.45, 7) is 6.79. The lowest BCUT2D eigenvalue weighted by Gasteiger charge is -2.28. The number of carbonyl (C=O) groups excluding carboxylic acids is 1. The van der Waals surface area contributed by atoms with Gasteiger partial charge >= 0.3 is 6.03 Å². The van der Waals surface area contributed by atoms with Gasteiger partial charge in [-0.1, -0.05) is 0 Å². The van der Waals surface area contributed by atoms with Gasteiger partial charge in [0.1, 0.15) is 0 Å². The Morgan fingerprint density at radius 2 is 2.07 bits per heavy atom. The Labute approximate surface area is 91.6 Å². The molecule has 0 aromatic rings. The topological polar surface area (TPSA) is 52.6 Å². The third kappa shape index (κ3) is 4.51. The second-order valence-corrected chi connectivity index (χ2v) is 4.72. The highest BCUT2D eigenvalue weighted by Crippen LogP contribution is 2.27. The van der Waals surface area contributed by atoms with Gasteiger partial charge in [-0.25, -0.2) is 4.79 Å². The van der Waals surface area contributed by atoms with Crippen LogP contribution in [-0.2, 0) is 0 Å². The van der Waals surface area contributed by atoms with E-state index in [9.17, 15) is 9.90 Å². The minimum absolute atomic E-state index is 0.0576. The van der Waals surface area contributed by atoms with Crippen LogP contribution in [0.4, 0.5) is 4.79 Å². The molecular weight excluding hydrogens is 192 g/mol. The Morgan fingerprint density at radius 3 is 2.47 bits per heavy atom. The third-order valence-electron chi connectivity index (χ3n) is 2.58. The summed E-state index contributed by atoms with van der Waals surface area (Å²) < 4.78 is 0. The normalized spacial score (nSPS) is 17.7. The van der Waals surface area contributed by atoms with Crippen LogP contribution in [0.3, 0.4) is 0 Å². The Kier molecular flexibility index (Phi) is 4.39. The fraction of sp³-hybridized carbons (Fsp3) is 0.909. The largest absolute Gasteiger partial charge is 0.392 e. The molecule has 2 amide bonds. The van der Waals surface area contributed by atoms with Crippen LogP contribution in [0.15, 0.2) is 0 Å². The lowest BCUT2D eigenvalue weighted by Crippen LogP contribution is -2.47. The van der Waals surface area contributed by atoms with Gasteiger partial charge in [0.25, 0.3) is 0 Å². The summed E-state index contributed by atoms with van der Waals surface area (Å²) in [7, 11) is 0. The van der Waals surface area contributed by atoms with Gasteiger partial charge in [0, 0.05) is 19.1 Å². The molecule has 0 radical (unpaired) electrons. The number of aliphatic hydroxyl groups excluding tert-OH is 1. The second kappa shape index (κ2) is 5.35. The fourth-order valence-corrected chi connectivity index (χ4v) is 1.47. The molecular formula is C11H22N2O2. The molecule has 0 aromatic heterocycles. The molecule has 0 heterocycles. The van der Waals surface area contributed by atoms with Gasteiger partial charge in [0.05, 0.1) is 6.10 Å². The number of carbonyl (C=O) groups is 1. The molecule has 88 valence electrons. The van der Waals surface area contributed by atoms with Crippen LogP contribution >= 0.6 is 0 Å². The Bertz CT molecular complexity index is 213. The lowest BCUT2D eigenvalue weighted by molar-refractivity contribution is 0.119. The van der Waals surface area contributed by atoms with E-state index in [2.05, 4.69) is 5.32 Å². The number of aliphatic hydroxyl groups is 1. The molecule has 1 rings (SSSR count). The number of hydrogen-bond acceptors (Lipinski definition) is 2. The van der Waals surface area contributed by atoms with Gasteiger partial charge in [0.2, 0.25) is 0 Å². The van der Waals surface area contributed by atoms with Gasteiger partial charge in [-0.15, -0.1) is 0 Å². The first-order chi connectivity index (χ1) is 7.00. The molecule has 0 aliphatic heterocycles. The summed E-state index contributed by atoms with van der Waals surface area (Å²) in [5, 5.41) is 12.2. The first kappa shape index (κ1) is 12.3. The highest BCUT2D eigenvalue weighted by molar-refractivity contribution is 5.74. The minimum Gasteiger partial charge on any atom is -0.392 e. The average Bonchev–Trinajstić information content (AvgIpc) is 2.93. The van der Waals surface area contributed by atoms with E-state index in [1.54, 1.807) is 11.8 Å². The van der Waals surface area contributed by atoms with Crippen molar-refractivity contribution in [2.45, 2.75) is 45.8 Å². The Hall–Kier alpha value is -0.770. The molecule has 0 spiro atoms. The Balaban J connectivity index is 2.34. The zero-order valence-electron chi connectivity index (χ0n) is 9.86. The quantitative estimate of drug-likeness (QED) is 0.722. The highest BCUT2D eigenvalue weighted by atomic mass is 16.3. The van der Waals surface area contributed by atoms with E-state index in [1.165, 1.54) is 12.8 Å². The molecule has 1 aliphatic carbocycles. The van der Waals surface area contributed by atoms with Crippen molar-refractivity contribution in [1.82, 2.24) is 10.2 Å². The molecule has 1 fully saturated rings. The Morgan fingerprint density at radius 1 is 1.47 bits per heavy atom. The summed E-state index contributed by atoms with van der Waals surface area (Å²) in [6.07, 6.45) is 2.00. The summed E-state index contributed by atoms with van der Waals surface area (Å²) in [6, 6.07) is 0.0663. The lowest BCUT2D eigenvalue weighted by atomic mass is 10.3. The van der Waals surface area contributed by atoms with Crippen molar-refractivity contribution >= 4 is 6.03 Å². The molecule has 0 saturated heterocycles. The summed E-state index contributed by atoms with van der Waals surface area (Å²) in [4.78, 5) is 13.4. The van der Waals surface area contributed by atoms with Crippen molar-refractivity contribution < 1.29 is 9.90 Å². The van der Waals surface area contributed by atoms with Crippen LogP contribution in [-0.4, -0.2) is 41.3 Å². The zero-order chi connectivity index (χ0) is 11.4. The molecule has 4 heteroatoms. The van der Waals surface area contributed by atoms with E-state index in [-0.39, 0.29) is 12.1 Å². The molecule has 15 heavy (non-hydrogen) atoms. The van der Waals surface area contributed by atoms with Crippen molar-refractivity contribution in [3.05, 3.63) is 0 Å². The van der Waals surface area contributed by atoms with Gasteiger partial charge in [0.15, 0.2) is 0 Å². The van der Waals surface area contributed by atoms with Crippen molar-refractivity contribution in [3.8, 4) is 0 Å². The molecule has 0 aromatic carbocycles. The van der Waals surface area contributed by atoms with E-state index in [1.807, 2.05) is 13.8 Å². The predicted octanol–water partition coefficient (Wildman–Crippen LogP) is 1.20. The second-order valence-electron chi connectivity index (χ2n) is 4.72. The van der Waals surface area contributed by atoms with Crippen LogP contribution in [0.25, 0.3) is 0 Å². The van der Waals surface area contributed by atoms with Gasteiger partial charge in [-0.3, -0.25) is 0 Å². The van der Waals surface area contributed by atoms with Crippen LogP contribution in [0, 0.1) is 5.92 Å². The van der Waals surface area contributed by atoms with Gasteiger partial charge in [-0.2, -0.15) is 0 Å². The first-order valence-electron chi connectivity index (χ1n) is 5.73. The molecule has 1 saturated carbocycles. The van der Waals surface area contributed by atoms with Crippen LogP contribution < -0.4 is 5.32 Å². The maximum Gasteiger partial charge on any atom is 0.317 e. The van der Waals surface area contributed by atoms with E-state index in [4.69, 9.17) is 0 Å². The number of amides is 2. The monoisotopic (exact) mass is 214 g/mol. The summed E-state index contributed by atoms with van der Waals surface area (Å²) in [5.41, 5.74) is 0. The number of nitrogens with one attached hydrogen (secondary N) is 1. The average molecular weight is 214 g/mol. The molecule has 1 atom stereocenters. The van der Waals surface area contributed by atoms with Crippen LogP contribution in [0.1, 0.15) is 33.6 Å². The number of hydrogen-bond donors (Lipinski definition) is 2. The number of rotatable bonds is 5. The number of nitrogens with zero attached hydrogens (tertiary/aromatic N) is 1. The first-order valence-corrected chi connectivity index (χ1v) is 5.73.